The number of aromatic nitrogens is 2. The van der Waals surface area contributed by atoms with Gasteiger partial charge < -0.3 is 28.4 Å². The molecule has 5 atom stereocenters. The molecule has 1 aromatic carbocycles. The summed E-state index contributed by atoms with van der Waals surface area (Å²) >= 11 is 0. The third-order valence-electron chi connectivity index (χ3n) is 5.87. The van der Waals surface area contributed by atoms with Gasteiger partial charge in [-0.3, -0.25) is 24.3 Å². The number of hydrogen-bond acceptors (Lipinski definition) is 11. The van der Waals surface area contributed by atoms with Gasteiger partial charge in [-0.05, 0) is 24.6 Å². The smallest absolute Gasteiger partial charge is 0.416 e. The van der Waals surface area contributed by atoms with Crippen LogP contribution in [0.15, 0.2) is 24.3 Å². The average Bonchev–Trinajstić information content (AvgIpc) is 3.19. The van der Waals surface area contributed by atoms with Crippen LogP contribution in [-0.4, -0.2) is 71.4 Å². The topological polar surface area (TPSA) is 152 Å². The second-order valence-corrected chi connectivity index (χ2v) is 9.19. The lowest BCUT2D eigenvalue weighted by Gasteiger charge is -2.43. The van der Waals surface area contributed by atoms with E-state index in [-0.39, 0.29) is 12.3 Å². The quantitative estimate of drug-likeness (QED) is 0.341. The van der Waals surface area contributed by atoms with Crippen molar-refractivity contribution in [1.82, 2.24) is 10.2 Å². The first-order valence-electron chi connectivity index (χ1n) is 12.3. The van der Waals surface area contributed by atoms with Crippen molar-refractivity contribution in [1.29, 1.82) is 0 Å². The van der Waals surface area contributed by atoms with Crippen LogP contribution in [-0.2, 0) is 55.5 Å². The molecular weight excluding hydrogens is 557 g/mol. The average molecular weight is 587 g/mol. The molecule has 0 bridgehead atoms. The number of nitrogens with one attached hydrogen (secondary N) is 1. The van der Waals surface area contributed by atoms with Gasteiger partial charge in [0.05, 0.1) is 5.56 Å². The van der Waals surface area contributed by atoms with Crippen LogP contribution in [0.25, 0.3) is 0 Å². The predicted molar refractivity (Wildman–Crippen MR) is 130 cm³/mol. The Kier molecular flexibility index (Phi) is 9.97. The number of hydrogen-bond donors (Lipinski definition) is 1. The number of esters is 4. The molecule has 3 rings (SSSR count). The zero-order valence-corrected chi connectivity index (χ0v) is 22.8. The summed E-state index contributed by atoms with van der Waals surface area (Å²) in [6, 6.07) is 4.52. The summed E-state index contributed by atoms with van der Waals surface area (Å²) in [7, 11) is 0. The Morgan fingerprint density at radius 1 is 0.878 bits per heavy atom. The van der Waals surface area contributed by atoms with Crippen molar-refractivity contribution in [3.8, 4) is 5.88 Å². The van der Waals surface area contributed by atoms with Crippen LogP contribution in [0.4, 0.5) is 13.2 Å². The molecule has 1 aromatic heterocycles. The van der Waals surface area contributed by atoms with E-state index in [2.05, 4.69) is 10.2 Å². The molecule has 224 valence electrons. The number of aryl methyl sites for hydroxylation is 1. The van der Waals surface area contributed by atoms with Crippen molar-refractivity contribution < 1.29 is 60.8 Å². The van der Waals surface area contributed by atoms with Gasteiger partial charge in [-0.15, -0.1) is 5.10 Å². The van der Waals surface area contributed by atoms with E-state index in [0.29, 0.717) is 16.8 Å². The molecule has 41 heavy (non-hydrogen) atoms. The van der Waals surface area contributed by atoms with Gasteiger partial charge in [0.2, 0.25) is 18.3 Å². The van der Waals surface area contributed by atoms with Crippen LogP contribution in [0.5, 0.6) is 5.88 Å². The van der Waals surface area contributed by atoms with Crippen LogP contribution >= 0.6 is 0 Å². The normalized spacial score (nSPS) is 22.4. The van der Waals surface area contributed by atoms with Gasteiger partial charge in [0.1, 0.15) is 12.7 Å². The molecule has 0 amide bonds. The number of aromatic amines is 1. The van der Waals surface area contributed by atoms with Crippen molar-refractivity contribution in [2.75, 3.05) is 6.61 Å². The Hall–Kier alpha value is -4.14. The predicted octanol–water partition coefficient (Wildman–Crippen LogP) is 2.79. The van der Waals surface area contributed by atoms with Crippen molar-refractivity contribution >= 4 is 23.9 Å². The third kappa shape index (κ3) is 8.42. The van der Waals surface area contributed by atoms with Crippen molar-refractivity contribution in [3.05, 3.63) is 46.6 Å². The number of benzene rings is 1. The van der Waals surface area contributed by atoms with Gasteiger partial charge in [-0.2, -0.15) is 13.2 Å². The third-order valence-corrected chi connectivity index (χ3v) is 5.87. The largest absolute Gasteiger partial charge is 0.463 e. The highest BCUT2D eigenvalue weighted by atomic mass is 19.4. The lowest BCUT2D eigenvalue weighted by atomic mass is 9.98. The van der Waals surface area contributed by atoms with E-state index >= 15 is 0 Å². The molecule has 0 saturated carbocycles. The highest BCUT2D eigenvalue weighted by molar-refractivity contribution is 5.68. The second kappa shape index (κ2) is 13.0. The fraction of sp³-hybridized carbons (Fsp3) is 0.500. The lowest BCUT2D eigenvalue weighted by Crippen LogP contribution is -2.63. The molecule has 1 unspecified atom stereocenters. The highest BCUT2D eigenvalue weighted by Crippen LogP contribution is 2.33. The number of carbonyl (C=O) groups excluding carboxylic acids is 4. The molecule has 15 heteroatoms. The SMILES string of the molecule is CC(=O)OC[C@H]1OC(Oc2n[nH]c(C)c2Cc2ccc(C(F)(F)F)cc2)[C@H](OC(C)=O)[C@@H](OC(C)=O)[C@@H]1OC(C)=O. The van der Waals surface area contributed by atoms with E-state index in [1.165, 1.54) is 12.1 Å². The number of nitrogens with zero attached hydrogens (tertiary/aromatic N) is 1. The van der Waals surface area contributed by atoms with E-state index in [0.717, 1.165) is 39.8 Å². The van der Waals surface area contributed by atoms with Gasteiger partial charge in [0.15, 0.2) is 12.2 Å². The summed E-state index contributed by atoms with van der Waals surface area (Å²) in [5.74, 6) is -3.14. The van der Waals surface area contributed by atoms with E-state index in [9.17, 15) is 32.3 Å². The molecule has 1 N–H and O–H groups in total. The summed E-state index contributed by atoms with van der Waals surface area (Å²) in [5, 5.41) is 6.83. The number of ether oxygens (including phenoxy) is 6. The first-order chi connectivity index (χ1) is 19.1. The Morgan fingerprint density at radius 2 is 1.44 bits per heavy atom. The zero-order valence-electron chi connectivity index (χ0n) is 22.8. The molecule has 0 spiro atoms. The highest BCUT2D eigenvalue weighted by Gasteiger charge is 2.53. The van der Waals surface area contributed by atoms with E-state index < -0.39 is 72.9 Å². The monoisotopic (exact) mass is 586 g/mol. The van der Waals surface area contributed by atoms with Crippen LogP contribution in [0.2, 0.25) is 0 Å². The number of alkyl halides is 3. The molecule has 1 aliphatic rings. The second-order valence-electron chi connectivity index (χ2n) is 9.19. The van der Waals surface area contributed by atoms with E-state index in [1.807, 2.05) is 0 Å². The fourth-order valence-corrected chi connectivity index (χ4v) is 4.14. The Morgan fingerprint density at radius 3 is 1.98 bits per heavy atom. The maximum atomic E-state index is 13.0. The van der Waals surface area contributed by atoms with E-state index in [4.69, 9.17) is 28.4 Å². The van der Waals surface area contributed by atoms with Crippen molar-refractivity contribution in [2.24, 2.45) is 0 Å². The summed E-state index contributed by atoms with van der Waals surface area (Å²) in [5.41, 5.74) is 0.663. The molecule has 0 radical (unpaired) electrons. The fourth-order valence-electron chi connectivity index (χ4n) is 4.14. The van der Waals surface area contributed by atoms with Gasteiger partial charge in [-0.25, -0.2) is 0 Å². The minimum absolute atomic E-state index is 0.0525. The van der Waals surface area contributed by atoms with Crippen molar-refractivity contribution in [2.45, 2.75) is 77.9 Å². The number of rotatable bonds is 9. The summed E-state index contributed by atoms with van der Waals surface area (Å²) in [6.07, 6.45) is -11.4. The molecule has 2 heterocycles. The van der Waals surface area contributed by atoms with Gasteiger partial charge in [-0.1, -0.05) is 12.1 Å². The van der Waals surface area contributed by atoms with Gasteiger partial charge in [0, 0.05) is 45.4 Å². The van der Waals surface area contributed by atoms with Crippen molar-refractivity contribution in [3.63, 3.8) is 0 Å². The van der Waals surface area contributed by atoms with E-state index in [1.54, 1.807) is 6.92 Å². The number of halogens is 3. The molecular formula is C26H29F3N2O10. The van der Waals surface area contributed by atoms with Gasteiger partial charge in [0.25, 0.3) is 0 Å². The number of H-pyrrole nitrogens is 1. The maximum absolute atomic E-state index is 13.0. The summed E-state index contributed by atoms with van der Waals surface area (Å²) in [6.45, 7) is 5.62. The summed E-state index contributed by atoms with van der Waals surface area (Å²) < 4.78 is 72.0. The maximum Gasteiger partial charge on any atom is 0.416 e. The summed E-state index contributed by atoms with van der Waals surface area (Å²) in [4.78, 5) is 47.4. The standard InChI is InChI=1S/C26H29F3N2O10/c1-12-19(10-17-6-8-18(9-7-17)26(27,28)29)24(31-30-12)41-25-23(39-16(5)35)22(38-15(4)34)21(37-14(3)33)20(40-25)11-36-13(2)32/h6-9,20-23,25H,10-11H2,1-5H3,(H,30,31)/t20-,21-,22+,23-,25?/m1/s1. The molecule has 1 saturated heterocycles. The number of carbonyl (C=O) groups is 4. The molecule has 12 nitrogen and oxygen atoms in total. The molecule has 2 aromatic rings. The van der Waals surface area contributed by atoms with Gasteiger partial charge >= 0.3 is 30.1 Å². The molecule has 1 fully saturated rings. The first kappa shape index (κ1) is 31.4. The Bertz CT molecular complexity index is 1260. The van der Waals surface area contributed by atoms with Crippen LogP contribution in [0.3, 0.4) is 0 Å². The van der Waals surface area contributed by atoms with Crippen LogP contribution < -0.4 is 4.74 Å². The minimum Gasteiger partial charge on any atom is -0.463 e. The Balaban J connectivity index is 1.97. The Labute approximate surface area is 232 Å². The molecule has 0 aliphatic carbocycles. The minimum atomic E-state index is -4.49. The zero-order chi connectivity index (χ0) is 30.5. The lowest BCUT2D eigenvalue weighted by molar-refractivity contribution is -0.289. The molecule has 1 aliphatic heterocycles. The van der Waals surface area contributed by atoms with Crippen LogP contribution in [0, 0.1) is 6.92 Å². The first-order valence-corrected chi connectivity index (χ1v) is 12.3. The van der Waals surface area contributed by atoms with Crippen LogP contribution in [0.1, 0.15) is 50.1 Å².